The largest absolute Gasteiger partial charge is 0.350 e. The van der Waals surface area contributed by atoms with Crippen molar-refractivity contribution >= 4 is 40.6 Å². The lowest BCUT2D eigenvalue weighted by Gasteiger charge is -2.13. The van der Waals surface area contributed by atoms with Crippen molar-refractivity contribution in [1.82, 2.24) is 10.6 Å². The number of rotatable bonds is 9. The summed E-state index contributed by atoms with van der Waals surface area (Å²) >= 11 is 3.13. The average Bonchev–Trinajstić information content (AvgIpc) is 3.12. The van der Waals surface area contributed by atoms with Gasteiger partial charge in [0.15, 0.2) is 0 Å². The Morgan fingerprint density at radius 2 is 1.96 bits per heavy atom. The predicted octanol–water partition coefficient (Wildman–Crippen LogP) is 3.21. The first kappa shape index (κ1) is 19.5. The molecule has 0 saturated heterocycles. The number of nitrogens with one attached hydrogen (secondary N) is 3. The van der Waals surface area contributed by atoms with Crippen molar-refractivity contribution in [3.05, 3.63) is 47.3 Å². The van der Waals surface area contributed by atoms with Gasteiger partial charge >= 0.3 is 0 Å². The highest BCUT2D eigenvalue weighted by atomic mass is 32.2. The first-order valence-corrected chi connectivity index (χ1v) is 10.0. The van der Waals surface area contributed by atoms with E-state index < -0.39 is 0 Å². The van der Waals surface area contributed by atoms with Crippen LogP contribution >= 0.6 is 23.1 Å². The maximum absolute atomic E-state index is 12.1. The van der Waals surface area contributed by atoms with Gasteiger partial charge in [0.25, 0.3) is 5.91 Å². The molecule has 1 aromatic carbocycles. The SMILES string of the molecule is CCN[C@H](C)CNC(=O)c1ccc(NC(=O)CSc2cccs2)cc1. The minimum absolute atomic E-state index is 0.0601. The smallest absolute Gasteiger partial charge is 0.251 e. The van der Waals surface area contributed by atoms with Gasteiger partial charge in [-0.05, 0) is 49.2 Å². The van der Waals surface area contributed by atoms with Gasteiger partial charge in [-0.1, -0.05) is 13.0 Å². The molecule has 0 bridgehead atoms. The van der Waals surface area contributed by atoms with E-state index in [1.807, 2.05) is 31.4 Å². The summed E-state index contributed by atoms with van der Waals surface area (Å²) in [6.45, 7) is 5.50. The third-order valence-electron chi connectivity index (χ3n) is 3.39. The topological polar surface area (TPSA) is 70.2 Å². The lowest BCUT2D eigenvalue weighted by Crippen LogP contribution is -2.38. The third kappa shape index (κ3) is 6.89. The van der Waals surface area contributed by atoms with E-state index in [4.69, 9.17) is 0 Å². The summed E-state index contributed by atoms with van der Waals surface area (Å²) < 4.78 is 1.12. The van der Waals surface area contributed by atoms with E-state index in [-0.39, 0.29) is 17.9 Å². The van der Waals surface area contributed by atoms with Crippen LogP contribution in [0.15, 0.2) is 46.0 Å². The molecule has 5 nitrogen and oxygen atoms in total. The van der Waals surface area contributed by atoms with Crippen molar-refractivity contribution in [2.24, 2.45) is 0 Å². The lowest BCUT2D eigenvalue weighted by atomic mass is 10.2. The summed E-state index contributed by atoms with van der Waals surface area (Å²) in [5.41, 5.74) is 1.27. The molecule has 0 aliphatic rings. The monoisotopic (exact) mass is 377 g/mol. The number of hydrogen-bond acceptors (Lipinski definition) is 5. The van der Waals surface area contributed by atoms with Crippen LogP contribution in [0.1, 0.15) is 24.2 Å². The summed E-state index contributed by atoms with van der Waals surface area (Å²) in [6, 6.07) is 11.1. The molecule has 2 amide bonds. The Kier molecular flexibility index (Phi) is 7.97. The standard InChI is InChI=1S/C18H23N3O2S2/c1-3-19-13(2)11-20-18(23)14-6-8-15(9-7-14)21-16(22)12-25-17-5-4-10-24-17/h4-10,13,19H,3,11-12H2,1-2H3,(H,20,23)(H,21,22)/t13-/m1/s1. The second-order valence-electron chi connectivity index (χ2n) is 5.52. The molecule has 2 rings (SSSR count). The zero-order valence-corrected chi connectivity index (χ0v) is 16.0. The molecule has 0 aliphatic carbocycles. The van der Waals surface area contributed by atoms with Crippen LogP contribution in [0.3, 0.4) is 0 Å². The molecule has 0 radical (unpaired) electrons. The Bertz CT molecular complexity index is 672. The fourth-order valence-electron chi connectivity index (χ4n) is 2.15. The molecule has 0 spiro atoms. The molecule has 0 unspecified atom stereocenters. The van der Waals surface area contributed by atoms with E-state index in [2.05, 4.69) is 16.0 Å². The minimum Gasteiger partial charge on any atom is -0.350 e. The summed E-state index contributed by atoms with van der Waals surface area (Å²) in [7, 11) is 0. The van der Waals surface area contributed by atoms with Gasteiger partial charge in [-0.3, -0.25) is 9.59 Å². The molecule has 1 atom stereocenters. The molecule has 2 aromatic rings. The normalized spacial score (nSPS) is 11.8. The molecule has 3 N–H and O–H groups in total. The predicted molar refractivity (Wildman–Crippen MR) is 106 cm³/mol. The lowest BCUT2D eigenvalue weighted by molar-refractivity contribution is -0.113. The van der Waals surface area contributed by atoms with Crippen molar-refractivity contribution in [3.63, 3.8) is 0 Å². The zero-order valence-electron chi connectivity index (χ0n) is 14.4. The summed E-state index contributed by atoms with van der Waals surface area (Å²) in [6.07, 6.45) is 0. The molecule has 1 heterocycles. The molecule has 7 heteroatoms. The molecule has 0 fully saturated rings. The summed E-state index contributed by atoms with van der Waals surface area (Å²) in [4.78, 5) is 24.0. The fourth-order valence-corrected chi connectivity index (χ4v) is 3.74. The Balaban J connectivity index is 1.78. The molecular formula is C18H23N3O2S2. The quantitative estimate of drug-likeness (QED) is 0.587. The molecule has 0 saturated carbocycles. The highest BCUT2D eigenvalue weighted by Crippen LogP contribution is 2.23. The third-order valence-corrected chi connectivity index (χ3v) is 5.52. The van der Waals surface area contributed by atoms with Crippen LogP contribution in [0.4, 0.5) is 5.69 Å². The van der Waals surface area contributed by atoms with Crippen molar-refractivity contribution < 1.29 is 9.59 Å². The van der Waals surface area contributed by atoms with E-state index in [1.54, 1.807) is 35.6 Å². The number of benzene rings is 1. The van der Waals surface area contributed by atoms with Crippen LogP contribution in [-0.2, 0) is 4.79 Å². The van der Waals surface area contributed by atoms with E-state index in [0.717, 1.165) is 10.8 Å². The minimum atomic E-state index is -0.115. The second kappa shape index (κ2) is 10.2. The van der Waals surface area contributed by atoms with Gasteiger partial charge in [-0.25, -0.2) is 0 Å². The number of hydrogen-bond donors (Lipinski definition) is 3. The number of thiophene rings is 1. The van der Waals surface area contributed by atoms with Crippen molar-refractivity contribution in [2.75, 3.05) is 24.2 Å². The van der Waals surface area contributed by atoms with Crippen molar-refractivity contribution in [2.45, 2.75) is 24.1 Å². The number of carbonyl (C=O) groups excluding carboxylic acids is 2. The van der Waals surface area contributed by atoms with Crippen LogP contribution in [-0.4, -0.2) is 36.7 Å². The molecule has 134 valence electrons. The summed E-state index contributed by atoms with van der Waals surface area (Å²) in [5, 5.41) is 11.0. The van der Waals surface area contributed by atoms with Gasteiger partial charge in [-0.2, -0.15) is 0 Å². The number of anilines is 1. The Hall–Kier alpha value is -1.83. The molecular weight excluding hydrogens is 354 g/mol. The maximum Gasteiger partial charge on any atom is 0.251 e. The van der Waals surface area contributed by atoms with Gasteiger partial charge in [-0.15, -0.1) is 23.1 Å². The van der Waals surface area contributed by atoms with Crippen molar-refractivity contribution in [1.29, 1.82) is 0 Å². The molecule has 25 heavy (non-hydrogen) atoms. The molecule has 0 aliphatic heterocycles. The van der Waals surface area contributed by atoms with E-state index in [0.29, 0.717) is 23.5 Å². The number of carbonyl (C=O) groups is 2. The first-order chi connectivity index (χ1) is 12.1. The Morgan fingerprint density at radius 3 is 2.60 bits per heavy atom. The first-order valence-electron chi connectivity index (χ1n) is 8.16. The number of thioether (sulfide) groups is 1. The maximum atomic E-state index is 12.1. The zero-order chi connectivity index (χ0) is 18.1. The van der Waals surface area contributed by atoms with Gasteiger partial charge < -0.3 is 16.0 Å². The number of amides is 2. The fraction of sp³-hybridized carbons (Fsp3) is 0.333. The number of likely N-dealkylation sites (N-methyl/N-ethyl adjacent to an activating group) is 1. The average molecular weight is 378 g/mol. The Morgan fingerprint density at radius 1 is 1.20 bits per heavy atom. The van der Waals surface area contributed by atoms with Gasteiger partial charge in [0.05, 0.1) is 9.96 Å². The Labute approximate surface area is 156 Å². The van der Waals surface area contributed by atoms with Crippen LogP contribution in [0.2, 0.25) is 0 Å². The van der Waals surface area contributed by atoms with E-state index in [9.17, 15) is 9.59 Å². The second-order valence-corrected chi connectivity index (χ2v) is 7.74. The van der Waals surface area contributed by atoms with E-state index in [1.165, 1.54) is 11.8 Å². The van der Waals surface area contributed by atoms with Crippen LogP contribution < -0.4 is 16.0 Å². The van der Waals surface area contributed by atoms with E-state index >= 15 is 0 Å². The summed E-state index contributed by atoms with van der Waals surface area (Å²) in [5.74, 6) is 0.191. The highest BCUT2D eigenvalue weighted by Gasteiger charge is 2.08. The molecule has 1 aromatic heterocycles. The van der Waals surface area contributed by atoms with Gasteiger partial charge in [0.2, 0.25) is 5.91 Å². The van der Waals surface area contributed by atoms with Crippen LogP contribution in [0, 0.1) is 0 Å². The van der Waals surface area contributed by atoms with Crippen LogP contribution in [0.5, 0.6) is 0 Å². The van der Waals surface area contributed by atoms with Gasteiger partial charge in [0.1, 0.15) is 0 Å². The van der Waals surface area contributed by atoms with Crippen LogP contribution in [0.25, 0.3) is 0 Å². The highest BCUT2D eigenvalue weighted by molar-refractivity contribution is 8.01. The van der Waals surface area contributed by atoms with Crippen molar-refractivity contribution in [3.8, 4) is 0 Å². The van der Waals surface area contributed by atoms with Gasteiger partial charge in [0, 0.05) is 23.8 Å².